The third kappa shape index (κ3) is 4.25. The van der Waals surface area contributed by atoms with E-state index < -0.39 is 0 Å². The van der Waals surface area contributed by atoms with Gasteiger partial charge in [-0.2, -0.15) is 5.10 Å². The molecular weight excluding hydrogens is 292 g/mol. The lowest BCUT2D eigenvalue weighted by molar-refractivity contribution is 0.203. The maximum absolute atomic E-state index is 12.4. The molecule has 1 atom stereocenters. The zero-order valence-corrected chi connectivity index (χ0v) is 14.3. The van der Waals surface area contributed by atoms with Gasteiger partial charge in [0.25, 0.3) is 0 Å². The van der Waals surface area contributed by atoms with Gasteiger partial charge in [-0.3, -0.25) is 4.68 Å². The van der Waals surface area contributed by atoms with Crippen molar-refractivity contribution in [2.45, 2.75) is 26.4 Å². The lowest BCUT2D eigenvalue weighted by Crippen LogP contribution is -2.38. The number of amides is 2. The molecule has 1 N–H and O–H groups in total. The third-order valence-corrected chi connectivity index (χ3v) is 3.76. The molecule has 0 aliphatic heterocycles. The summed E-state index contributed by atoms with van der Waals surface area (Å²) in [6.07, 6.45) is 1.93. The second-order valence-electron chi connectivity index (χ2n) is 5.72. The van der Waals surface area contributed by atoms with E-state index in [0.717, 1.165) is 22.6 Å². The summed E-state index contributed by atoms with van der Waals surface area (Å²) in [5.74, 6) is 0.788. The van der Waals surface area contributed by atoms with E-state index in [1.54, 1.807) is 23.7 Å². The Morgan fingerprint density at radius 1 is 1.48 bits per heavy atom. The molecule has 0 spiro atoms. The normalized spacial score (nSPS) is 11.9. The fraction of sp³-hybridized carbons (Fsp3) is 0.412. The number of aromatic nitrogens is 2. The first-order valence-corrected chi connectivity index (χ1v) is 7.55. The molecule has 6 heteroatoms. The Morgan fingerprint density at radius 3 is 2.83 bits per heavy atom. The predicted molar refractivity (Wildman–Crippen MR) is 89.4 cm³/mol. The molecule has 0 aliphatic carbocycles. The maximum Gasteiger partial charge on any atom is 0.317 e. The Kier molecular flexibility index (Phi) is 5.26. The Hall–Kier alpha value is -2.50. The van der Waals surface area contributed by atoms with Gasteiger partial charge < -0.3 is 15.0 Å². The topological polar surface area (TPSA) is 59.4 Å². The van der Waals surface area contributed by atoms with Crippen molar-refractivity contribution in [1.82, 2.24) is 20.0 Å². The molecule has 1 aromatic carbocycles. The summed E-state index contributed by atoms with van der Waals surface area (Å²) in [7, 11) is 5.28. The number of carbonyl (C=O) groups excluding carboxylic acids is 1. The largest absolute Gasteiger partial charge is 0.497 e. The third-order valence-electron chi connectivity index (χ3n) is 3.76. The molecule has 1 aromatic heterocycles. The highest BCUT2D eigenvalue weighted by molar-refractivity contribution is 5.74. The SMILES string of the molecule is COc1cccc(CN(C)C(=O)NC(C)c2cn(C)nc2C)c1. The second kappa shape index (κ2) is 7.17. The lowest BCUT2D eigenvalue weighted by atomic mass is 10.1. The summed E-state index contributed by atoms with van der Waals surface area (Å²) < 4.78 is 6.96. The number of benzene rings is 1. The molecule has 0 fully saturated rings. The van der Waals surface area contributed by atoms with E-state index in [-0.39, 0.29) is 12.1 Å². The van der Waals surface area contributed by atoms with E-state index in [0.29, 0.717) is 6.54 Å². The number of rotatable bonds is 5. The van der Waals surface area contributed by atoms with Crippen LogP contribution in [0.1, 0.15) is 29.8 Å². The Balaban J connectivity index is 1.98. The number of hydrogen-bond acceptors (Lipinski definition) is 3. The van der Waals surface area contributed by atoms with E-state index in [1.807, 2.05) is 51.4 Å². The first-order chi connectivity index (χ1) is 10.9. The molecule has 1 heterocycles. The molecule has 1 unspecified atom stereocenters. The fourth-order valence-electron chi connectivity index (χ4n) is 2.53. The molecule has 0 bridgehead atoms. The van der Waals surface area contributed by atoms with Crippen LogP contribution >= 0.6 is 0 Å². The average Bonchev–Trinajstić information content (AvgIpc) is 2.86. The first-order valence-electron chi connectivity index (χ1n) is 7.55. The number of hydrogen-bond donors (Lipinski definition) is 1. The van der Waals surface area contributed by atoms with Gasteiger partial charge in [0, 0.05) is 32.4 Å². The smallest absolute Gasteiger partial charge is 0.317 e. The first kappa shape index (κ1) is 16.9. The molecule has 2 amide bonds. The summed E-state index contributed by atoms with van der Waals surface area (Å²) >= 11 is 0. The summed E-state index contributed by atoms with van der Waals surface area (Å²) in [5.41, 5.74) is 2.97. The van der Waals surface area contributed by atoms with Gasteiger partial charge in [0.1, 0.15) is 5.75 Å². The summed E-state index contributed by atoms with van der Waals surface area (Å²) in [4.78, 5) is 14.0. The van der Waals surface area contributed by atoms with Crippen LogP contribution in [0.2, 0.25) is 0 Å². The van der Waals surface area contributed by atoms with Crippen LogP contribution in [-0.2, 0) is 13.6 Å². The van der Waals surface area contributed by atoms with E-state index in [2.05, 4.69) is 10.4 Å². The van der Waals surface area contributed by atoms with Crippen LogP contribution in [0.25, 0.3) is 0 Å². The monoisotopic (exact) mass is 316 g/mol. The molecule has 23 heavy (non-hydrogen) atoms. The minimum absolute atomic E-state index is 0.0936. The molecule has 2 rings (SSSR count). The number of ether oxygens (including phenoxy) is 1. The molecule has 124 valence electrons. The van der Waals surface area contributed by atoms with Crippen LogP contribution in [0.4, 0.5) is 4.79 Å². The minimum Gasteiger partial charge on any atom is -0.497 e. The van der Waals surface area contributed by atoms with Crippen LogP contribution in [0.3, 0.4) is 0 Å². The molecule has 6 nitrogen and oxygen atoms in total. The van der Waals surface area contributed by atoms with Gasteiger partial charge in [-0.05, 0) is 31.5 Å². The van der Waals surface area contributed by atoms with Gasteiger partial charge in [0.05, 0.1) is 18.8 Å². The molecule has 0 saturated carbocycles. The van der Waals surface area contributed by atoms with E-state index in [1.165, 1.54) is 0 Å². The summed E-state index contributed by atoms with van der Waals surface area (Å²) in [6, 6.07) is 7.49. The van der Waals surface area contributed by atoms with Crippen LogP contribution < -0.4 is 10.1 Å². The van der Waals surface area contributed by atoms with Crippen molar-refractivity contribution in [3.05, 3.63) is 47.3 Å². The van der Waals surface area contributed by atoms with Crippen molar-refractivity contribution in [3.63, 3.8) is 0 Å². The highest BCUT2D eigenvalue weighted by atomic mass is 16.5. The van der Waals surface area contributed by atoms with Gasteiger partial charge in [-0.25, -0.2) is 4.79 Å². The van der Waals surface area contributed by atoms with Crippen LogP contribution in [0.15, 0.2) is 30.5 Å². The van der Waals surface area contributed by atoms with Crippen LogP contribution in [0, 0.1) is 6.92 Å². The number of aryl methyl sites for hydroxylation is 2. The predicted octanol–water partition coefficient (Wildman–Crippen LogP) is 2.64. The van der Waals surface area contributed by atoms with Gasteiger partial charge in [-0.15, -0.1) is 0 Å². The molecule has 0 radical (unpaired) electrons. The standard InChI is InChI=1S/C17H24N4O2/c1-12(16-11-21(4)19-13(16)2)18-17(22)20(3)10-14-7-6-8-15(9-14)23-5/h6-9,11-12H,10H2,1-5H3,(H,18,22). The van der Waals surface area contributed by atoms with E-state index in [4.69, 9.17) is 4.74 Å². The second-order valence-corrected chi connectivity index (χ2v) is 5.72. The zero-order valence-electron chi connectivity index (χ0n) is 14.3. The lowest BCUT2D eigenvalue weighted by Gasteiger charge is -2.21. The molecular formula is C17H24N4O2. The Bertz CT molecular complexity index is 681. The van der Waals surface area contributed by atoms with Crippen molar-refractivity contribution < 1.29 is 9.53 Å². The van der Waals surface area contributed by atoms with Crippen LogP contribution in [-0.4, -0.2) is 34.9 Å². The number of methoxy groups -OCH3 is 1. The number of nitrogens with zero attached hydrogens (tertiary/aromatic N) is 3. The van der Waals surface area contributed by atoms with E-state index >= 15 is 0 Å². The van der Waals surface area contributed by atoms with Crippen LogP contribution in [0.5, 0.6) is 5.75 Å². The van der Waals surface area contributed by atoms with Crippen molar-refractivity contribution in [3.8, 4) is 5.75 Å². The molecule has 2 aromatic rings. The number of urea groups is 1. The van der Waals surface area contributed by atoms with Gasteiger partial charge in [-0.1, -0.05) is 12.1 Å². The molecule has 0 aliphatic rings. The number of carbonyl (C=O) groups is 1. The highest BCUT2D eigenvalue weighted by Gasteiger charge is 2.17. The van der Waals surface area contributed by atoms with E-state index in [9.17, 15) is 4.79 Å². The van der Waals surface area contributed by atoms with Gasteiger partial charge in [0.2, 0.25) is 0 Å². The molecule has 0 saturated heterocycles. The summed E-state index contributed by atoms with van der Waals surface area (Å²) in [5, 5.41) is 7.31. The minimum atomic E-state index is -0.122. The fourth-order valence-corrected chi connectivity index (χ4v) is 2.53. The quantitative estimate of drug-likeness (QED) is 0.922. The summed E-state index contributed by atoms with van der Waals surface area (Å²) in [6.45, 7) is 4.42. The van der Waals surface area contributed by atoms with Crippen molar-refractivity contribution in [2.75, 3.05) is 14.2 Å². The van der Waals surface area contributed by atoms with Gasteiger partial charge in [0.15, 0.2) is 0 Å². The average molecular weight is 316 g/mol. The number of nitrogens with one attached hydrogen (secondary N) is 1. The van der Waals surface area contributed by atoms with Gasteiger partial charge >= 0.3 is 6.03 Å². The Morgan fingerprint density at radius 2 is 2.22 bits per heavy atom. The zero-order chi connectivity index (χ0) is 17.0. The maximum atomic E-state index is 12.4. The van der Waals surface area contributed by atoms with Crippen molar-refractivity contribution in [1.29, 1.82) is 0 Å². The van der Waals surface area contributed by atoms with Crippen molar-refractivity contribution >= 4 is 6.03 Å². The van der Waals surface area contributed by atoms with Crippen molar-refractivity contribution in [2.24, 2.45) is 7.05 Å². The highest BCUT2D eigenvalue weighted by Crippen LogP contribution is 2.17. The Labute approximate surface area is 137 Å².